The van der Waals surface area contributed by atoms with Gasteiger partial charge in [0.05, 0.1) is 13.2 Å². The molecule has 2 aliphatic carbocycles. The van der Waals surface area contributed by atoms with Crippen LogP contribution in [0.4, 0.5) is 17.6 Å². The molecule has 2 atom stereocenters. The topological polar surface area (TPSA) is 27.1 Å². The lowest BCUT2D eigenvalue weighted by molar-refractivity contribution is -0.0318. The fraction of sp³-hybridized carbons (Fsp3) is 0.727. The van der Waals surface area contributed by atoms with Crippen molar-refractivity contribution < 1.29 is 22.3 Å². The molecule has 0 aromatic carbocycles. The standard InChI is InChI=1S/C11H12F4N2O/c1-18-3-2-17-9-7(8(16-17)10(12)13)5-4-6(5)11(9,14)15/h5-6,10H,2-4H2,1H3. The summed E-state index contributed by atoms with van der Waals surface area (Å²) in [4.78, 5) is 0. The molecule has 0 bridgehead atoms. The lowest BCUT2D eigenvalue weighted by Gasteiger charge is -2.15. The van der Waals surface area contributed by atoms with E-state index in [2.05, 4.69) is 5.10 Å². The van der Waals surface area contributed by atoms with Crippen molar-refractivity contribution in [2.75, 3.05) is 13.7 Å². The highest BCUT2D eigenvalue weighted by atomic mass is 19.3. The summed E-state index contributed by atoms with van der Waals surface area (Å²) in [7, 11) is 1.42. The highest BCUT2D eigenvalue weighted by Gasteiger charge is 2.67. The second-order valence-corrected chi connectivity index (χ2v) is 4.74. The minimum Gasteiger partial charge on any atom is -0.383 e. The van der Waals surface area contributed by atoms with Gasteiger partial charge >= 0.3 is 0 Å². The normalized spacial score (nSPS) is 27.4. The number of alkyl halides is 4. The number of aromatic nitrogens is 2. The number of rotatable bonds is 4. The van der Waals surface area contributed by atoms with E-state index in [1.54, 1.807) is 0 Å². The summed E-state index contributed by atoms with van der Waals surface area (Å²) in [5.41, 5.74) is -0.724. The van der Waals surface area contributed by atoms with Crippen LogP contribution in [0.3, 0.4) is 0 Å². The van der Waals surface area contributed by atoms with Gasteiger partial charge in [-0.15, -0.1) is 0 Å². The van der Waals surface area contributed by atoms with E-state index in [1.165, 1.54) is 7.11 Å². The highest BCUT2D eigenvalue weighted by molar-refractivity contribution is 5.46. The number of hydrogen-bond acceptors (Lipinski definition) is 2. The predicted molar refractivity (Wildman–Crippen MR) is 53.8 cm³/mol. The van der Waals surface area contributed by atoms with Crippen LogP contribution in [0.2, 0.25) is 0 Å². The summed E-state index contributed by atoms with van der Waals surface area (Å²) in [5.74, 6) is -4.28. The summed E-state index contributed by atoms with van der Waals surface area (Å²) in [6.07, 6.45) is -2.52. The number of halogens is 4. The summed E-state index contributed by atoms with van der Waals surface area (Å²) < 4.78 is 59.5. The molecule has 1 heterocycles. The average Bonchev–Trinajstić information content (AvgIpc) is 2.95. The Bertz CT molecular complexity index is 486. The molecular weight excluding hydrogens is 252 g/mol. The first kappa shape index (κ1) is 12.0. The molecule has 2 unspecified atom stereocenters. The molecule has 1 fully saturated rings. The zero-order chi connectivity index (χ0) is 13.1. The van der Waals surface area contributed by atoms with Crippen LogP contribution < -0.4 is 0 Å². The highest BCUT2D eigenvalue weighted by Crippen LogP contribution is 2.68. The Labute approximate surface area is 101 Å². The van der Waals surface area contributed by atoms with Gasteiger partial charge in [0.25, 0.3) is 12.3 Å². The summed E-state index contributed by atoms with van der Waals surface area (Å²) in [6.45, 7) is 0.239. The van der Waals surface area contributed by atoms with E-state index in [-0.39, 0.29) is 30.8 Å². The zero-order valence-electron chi connectivity index (χ0n) is 9.67. The summed E-state index contributed by atoms with van der Waals surface area (Å²) >= 11 is 0. The van der Waals surface area contributed by atoms with Crippen LogP contribution in [0.5, 0.6) is 0 Å². The van der Waals surface area contributed by atoms with E-state index in [0.717, 1.165) is 4.68 Å². The third-order valence-electron chi connectivity index (χ3n) is 3.67. The Morgan fingerprint density at radius 2 is 2.22 bits per heavy atom. The Morgan fingerprint density at radius 1 is 1.50 bits per heavy atom. The lowest BCUT2D eigenvalue weighted by atomic mass is 10.1. The van der Waals surface area contributed by atoms with Crippen molar-refractivity contribution in [2.45, 2.75) is 31.2 Å². The zero-order valence-corrected chi connectivity index (χ0v) is 9.67. The van der Waals surface area contributed by atoms with E-state index in [1.807, 2.05) is 0 Å². The van der Waals surface area contributed by atoms with Gasteiger partial charge in [-0.25, -0.2) is 8.78 Å². The molecule has 18 heavy (non-hydrogen) atoms. The SMILES string of the molecule is COCCn1nc(C(F)F)c2c1C(F)(F)C1CC21. The summed E-state index contributed by atoms with van der Waals surface area (Å²) in [5, 5.41) is 3.65. The van der Waals surface area contributed by atoms with Crippen LogP contribution in [0.25, 0.3) is 0 Å². The first-order valence-electron chi connectivity index (χ1n) is 5.74. The van der Waals surface area contributed by atoms with E-state index in [9.17, 15) is 17.6 Å². The Balaban J connectivity index is 2.07. The van der Waals surface area contributed by atoms with Crippen molar-refractivity contribution in [3.63, 3.8) is 0 Å². The molecule has 2 aliphatic rings. The number of fused-ring (bicyclic) bond motifs is 3. The largest absolute Gasteiger partial charge is 0.383 e. The van der Waals surface area contributed by atoms with E-state index in [0.29, 0.717) is 0 Å². The van der Waals surface area contributed by atoms with E-state index >= 15 is 0 Å². The third-order valence-corrected chi connectivity index (χ3v) is 3.67. The van der Waals surface area contributed by atoms with Crippen molar-refractivity contribution in [1.82, 2.24) is 9.78 Å². The number of nitrogens with zero attached hydrogens (tertiary/aromatic N) is 2. The van der Waals surface area contributed by atoms with Gasteiger partial charge < -0.3 is 4.74 Å². The van der Waals surface area contributed by atoms with Gasteiger partial charge in [0, 0.05) is 18.6 Å². The van der Waals surface area contributed by atoms with Gasteiger partial charge in [-0.1, -0.05) is 0 Å². The minimum atomic E-state index is -3.03. The second-order valence-electron chi connectivity index (χ2n) is 4.74. The predicted octanol–water partition coefficient (Wildman–Crippen LogP) is 2.68. The first-order chi connectivity index (χ1) is 8.48. The Morgan fingerprint density at radius 3 is 2.83 bits per heavy atom. The third kappa shape index (κ3) is 1.43. The van der Waals surface area contributed by atoms with Crippen LogP contribution in [-0.4, -0.2) is 23.5 Å². The molecule has 1 saturated carbocycles. The molecule has 0 amide bonds. The molecule has 1 aromatic heterocycles. The number of hydrogen-bond donors (Lipinski definition) is 0. The van der Waals surface area contributed by atoms with Gasteiger partial charge in [-0.2, -0.15) is 13.9 Å². The maximum absolute atomic E-state index is 14.0. The maximum Gasteiger partial charge on any atom is 0.293 e. The molecule has 0 saturated heterocycles. The molecule has 3 nitrogen and oxygen atoms in total. The lowest BCUT2D eigenvalue weighted by Crippen LogP contribution is -2.21. The molecule has 7 heteroatoms. The second kappa shape index (κ2) is 3.69. The van der Waals surface area contributed by atoms with E-state index < -0.39 is 29.9 Å². The fourth-order valence-corrected chi connectivity index (χ4v) is 2.80. The quantitative estimate of drug-likeness (QED) is 0.782. The van der Waals surface area contributed by atoms with Crippen molar-refractivity contribution >= 4 is 0 Å². The molecular formula is C11H12F4N2O. The Hall–Kier alpha value is -1.11. The molecule has 100 valence electrons. The van der Waals surface area contributed by atoms with Gasteiger partial charge in [-0.3, -0.25) is 4.68 Å². The van der Waals surface area contributed by atoms with Crippen LogP contribution in [0.15, 0.2) is 0 Å². The Kier molecular flexibility index (Phi) is 2.45. The fourth-order valence-electron chi connectivity index (χ4n) is 2.80. The van der Waals surface area contributed by atoms with Gasteiger partial charge in [0.2, 0.25) is 0 Å². The van der Waals surface area contributed by atoms with Crippen LogP contribution in [0.1, 0.15) is 35.7 Å². The minimum absolute atomic E-state index is 0.0700. The van der Waals surface area contributed by atoms with Gasteiger partial charge in [0.1, 0.15) is 11.4 Å². The van der Waals surface area contributed by atoms with Crippen molar-refractivity contribution in [2.24, 2.45) is 5.92 Å². The van der Waals surface area contributed by atoms with Crippen molar-refractivity contribution in [3.05, 3.63) is 17.0 Å². The van der Waals surface area contributed by atoms with Crippen LogP contribution in [-0.2, 0) is 17.2 Å². The monoisotopic (exact) mass is 264 g/mol. The number of methoxy groups -OCH3 is 1. The molecule has 0 aliphatic heterocycles. The van der Waals surface area contributed by atoms with Crippen LogP contribution in [0, 0.1) is 5.92 Å². The van der Waals surface area contributed by atoms with Crippen molar-refractivity contribution in [3.8, 4) is 0 Å². The van der Waals surface area contributed by atoms with Crippen molar-refractivity contribution in [1.29, 1.82) is 0 Å². The molecule has 0 spiro atoms. The maximum atomic E-state index is 14.0. The first-order valence-corrected chi connectivity index (χ1v) is 5.74. The molecule has 0 radical (unpaired) electrons. The van der Waals surface area contributed by atoms with Crippen LogP contribution >= 0.6 is 0 Å². The van der Waals surface area contributed by atoms with Gasteiger partial charge in [-0.05, 0) is 12.3 Å². The average molecular weight is 264 g/mol. The summed E-state index contributed by atoms with van der Waals surface area (Å²) in [6, 6.07) is 0. The number of ether oxygens (including phenoxy) is 1. The molecule has 3 rings (SSSR count). The molecule has 1 aromatic rings. The van der Waals surface area contributed by atoms with E-state index in [4.69, 9.17) is 4.74 Å². The smallest absolute Gasteiger partial charge is 0.293 e. The van der Waals surface area contributed by atoms with Gasteiger partial charge in [0.15, 0.2) is 0 Å². The molecule has 0 N–H and O–H groups in total.